The highest BCUT2D eigenvalue weighted by molar-refractivity contribution is 14.1. The van der Waals surface area contributed by atoms with Gasteiger partial charge in [-0.2, -0.15) is 0 Å². The Labute approximate surface area is 125 Å². The normalized spacial score (nSPS) is 17.6. The summed E-state index contributed by atoms with van der Waals surface area (Å²) in [7, 11) is 0. The molecule has 3 rings (SSSR count). The maximum absolute atomic E-state index is 4.75. The Morgan fingerprint density at radius 1 is 1.28 bits per heavy atom. The van der Waals surface area contributed by atoms with Crippen LogP contribution in [-0.4, -0.2) is 42.6 Å². The number of halogens is 1. The number of hydrogen-bond donors (Lipinski definition) is 0. The van der Waals surface area contributed by atoms with Gasteiger partial charge in [0.1, 0.15) is 0 Å². The molecule has 0 atom stereocenters. The average molecular weight is 373 g/mol. The van der Waals surface area contributed by atoms with E-state index in [0.29, 0.717) is 0 Å². The SMILES string of the molecule is CCN1CCN(c2nc3ccc(I)cc3s2)CC1. The molecule has 96 valence electrons. The smallest absolute Gasteiger partial charge is 0.186 e. The standard InChI is InChI=1S/C13H16IN3S/c1-2-16-5-7-17(8-6-16)13-15-11-4-3-10(14)9-12(11)18-13/h3-4,9H,2,5-8H2,1H3. The zero-order valence-corrected chi connectivity index (χ0v) is 13.4. The maximum atomic E-state index is 4.75. The van der Waals surface area contributed by atoms with E-state index in [0.717, 1.165) is 38.2 Å². The second kappa shape index (κ2) is 5.30. The minimum atomic E-state index is 1.10. The molecule has 2 heterocycles. The molecule has 5 heteroatoms. The fourth-order valence-electron chi connectivity index (χ4n) is 2.28. The van der Waals surface area contributed by atoms with Gasteiger partial charge in [-0.15, -0.1) is 0 Å². The van der Waals surface area contributed by atoms with Gasteiger partial charge in [-0.3, -0.25) is 0 Å². The summed E-state index contributed by atoms with van der Waals surface area (Å²) in [6.07, 6.45) is 0. The van der Waals surface area contributed by atoms with Gasteiger partial charge in [0.25, 0.3) is 0 Å². The van der Waals surface area contributed by atoms with E-state index in [1.54, 1.807) is 0 Å². The van der Waals surface area contributed by atoms with Crippen molar-refractivity contribution < 1.29 is 0 Å². The summed E-state index contributed by atoms with van der Waals surface area (Å²) in [4.78, 5) is 9.66. The van der Waals surface area contributed by atoms with E-state index in [1.165, 1.54) is 13.4 Å². The van der Waals surface area contributed by atoms with Gasteiger partial charge in [-0.05, 0) is 47.3 Å². The third-order valence-electron chi connectivity index (χ3n) is 3.43. The molecule has 18 heavy (non-hydrogen) atoms. The lowest BCUT2D eigenvalue weighted by Gasteiger charge is -2.33. The van der Waals surface area contributed by atoms with Crippen molar-refractivity contribution in [1.29, 1.82) is 0 Å². The minimum absolute atomic E-state index is 1.10. The number of hydrogen-bond acceptors (Lipinski definition) is 4. The second-order valence-electron chi connectivity index (χ2n) is 4.53. The first-order valence-electron chi connectivity index (χ1n) is 6.29. The molecule has 0 radical (unpaired) electrons. The van der Waals surface area contributed by atoms with Crippen molar-refractivity contribution in [2.45, 2.75) is 6.92 Å². The van der Waals surface area contributed by atoms with E-state index in [-0.39, 0.29) is 0 Å². The molecule has 1 aliphatic heterocycles. The lowest BCUT2D eigenvalue weighted by Crippen LogP contribution is -2.46. The molecular weight excluding hydrogens is 357 g/mol. The number of piperazine rings is 1. The topological polar surface area (TPSA) is 19.4 Å². The van der Waals surface area contributed by atoms with Gasteiger partial charge in [-0.1, -0.05) is 18.3 Å². The number of fused-ring (bicyclic) bond motifs is 1. The largest absolute Gasteiger partial charge is 0.345 e. The van der Waals surface area contributed by atoms with Crippen LogP contribution in [0, 0.1) is 3.57 Å². The van der Waals surface area contributed by atoms with Crippen LogP contribution >= 0.6 is 33.9 Å². The molecule has 0 spiro atoms. The van der Waals surface area contributed by atoms with Crippen molar-refractivity contribution in [3.63, 3.8) is 0 Å². The van der Waals surface area contributed by atoms with Crippen LogP contribution in [-0.2, 0) is 0 Å². The third kappa shape index (κ3) is 2.48. The molecule has 0 N–H and O–H groups in total. The van der Waals surface area contributed by atoms with Gasteiger partial charge in [0.05, 0.1) is 10.2 Å². The van der Waals surface area contributed by atoms with E-state index < -0.39 is 0 Å². The highest BCUT2D eigenvalue weighted by Crippen LogP contribution is 2.30. The maximum Gasteiger partial charge on any atom is 0.186 e. The molecule has 0 saturated carbocycles. The Bertz CT molecular complexity index is 546. The third-order valence-corrected chi connectivity index (χ3v) is 5.18. The van der Waals surface area contributed by atoms with Gasteiger partial charge < -0.3 is 9.80 Å². The van der Waals surface area contributed by atoms with Crippen LogP contribution in [0.25, 0.3) is 10.2 Å². The lowest BCUT2D eigenvalue weighted by molar-refractivity contribution is 0.271. The van der Waals surface area contributed by atoms with Gasteiger partial charge in [0.15, 0.2) is 5.13 Å². The molecule has 1 aliphatic rings. The van der Waals surface area contributed by atoms with Gasteiger partial charge in [0.2, 0.25) is 0 Å². The number of anilines is 1. The summed E-state index contributed by atoms with van der Waals surface area (Å²) in [5.41, 5.74) is 1.13. The second-order valence-corrected chi connectivity index (χ2v) is 6.78. The Hall–Kier alpha value is -0.400. The summed E-state index contributed by atoms with van der Waals surface area (Å²) in [6.45, 7) is 7.91. The summed E-state index contributed by atoms with van der Waals surface area (Å²) in [6, 6.07) is 6.47. The Kier molecular flexibility index (Phi) is 3.72. The number of benzene rings is 1. The Morgan fingerprint density at radius 3 is 2.78 bits per heavy atom. The summed E-state index contributed by atoms with van der Waals surface area (Å²) in [5, 5.41) is 1.18. The molecule has 1 aromatic carbocycles. The summed E-state index contributed by atoms with van der Waals surface area (Å²) < 4.78 is 2.58. The molecule has 0 unspecified atom stereocenters. The van der Waals surface area contributed by atoms with Crippen molar-refractivity contribution in [2.24, 2.45) is 0 Å². The van der Waals surface area contributed by atoms with Crippen molar-refractivity contribution >= 4 is 49.3 Å². The predicted molar refractivity (Wildman–Crippen MR) is 86.7 cm³/mol. The van der Waals surface area contributed by atoms with E-state index in [4.69, 9.17) is 4.98 Å². The molecular formula is C13H16IN3S. The van der Waals surface area contributed by atoms with Gasteiger partial charge in [0, 0.05) is 29.7 Å². The van der Waals surface area contributed by atoms with E-state index in [1.807, 2.05) is 11.3 Å². The van der Waals surface area contributed by atoms with Gasteiger partial charge >= 0.3 is 0 Å². The van der Waals surface area contributed by atoms with Crippen LogP contribution in [0.5, 0.6) is 0 Å². The van der Waals surface area contributed by atoms with Crippen LogP contribution in [0.2, 0.25) is 0 Å². The van der Waals surface area contributed by atoms with Crippen LogP contribution < -0.4 is 4.90 Å². The number of aromatic nitrogens is 1. The van der Waals surface area contributed by atoms with E-state index >= 15 is 0 Å². The quantitative estimate of drug-likeness (QED) is 0.755. The zero-order chi connectivity index (χ0) is 12.5. The summed E-state index contributed by atoms with van der Waals surface area (Å²) in [5.74, 6) is 0. The van der Waals surface area contributed by atoms with Crippen LogP contribution in [0.3, 0.4) is 0 Å². The number of thiazole rings is 1. The first-order chi connectivity index (χ1) is 8.76. The van der Waals surface area contributed by atoms with Crippen molar-refractivity contribution in [3.8, 4) is 0 Å². The predicted octanol–water partition coefficient (Wildman–Crippen LogP) is 3.04. The van der Waals surface area contributed by atoms with Crippen LogP contribution in [0.4, 0.5) is 5.13 Å². The Morgan fingerprint density at radius 2 is 2.06 bits per heavy atom. The molecule has 1 saturated heterocycles. The first kappa shape index (κ1) is 12.6. The molecule has 0 bridgehead atoms. The van der Waals surface area contributed by atoms with Gasteiger partial charge in [-0.25, -0.2) is 4.98 Å². The molecule has 0 amide bonds. The number of likely N-dealkylation sites (N-methyl/N-ethyl adjacent to an activating group) is 1. The van der Waals surface area contributed by atoms with Crippen molar-refractivity contribution in [3.05, 3.63) is 21.8 Å². The molecule has 1 fully saturated rings. The Balaban J connectivity index is 1.82. The molecule has 1 aromatic heterocycles. The lowest BCUT2D eigenvalue weighted by atomic mass is 10.3. The average Bonchev–Trinajstić information content (AvgIpc) is 2.81. The molecule has 2 aromatic rings. The van der Waals surface area contributed by atoms with Crippen molar-refractivity contribution in [2.75, 3.05) is 37.6 Å². The fourth-order valence-corrected chi connectivity index (χ4v) is 4.04. The number of nitrogens with zero attached hydrogens (tertiary/aromatic N) is 3. The molecule has 3 nitrogen and oxygen atoms in total. The monoisotopic (exact) mass is 373 g/mol. The minimum Gasteiger partial charge on any atom is -0.345 e. The number of rotatable bonds is 2. The fraction of sp³-hybridized carbons (Fsp3) is 0.462. The van der Waals surface area contributed by atoms with Crippen LogP contribution in [0.15, 0.2) is 18.2 Å². The van der Waals surface area contributed by atoms with Crippen molar-refractivity contribution in [1.82, 2.24) is 9.88 Å². The summed E-state index contributed by atoms with van der Waals surface area (Å²) >= 11 is 4.18. The molecule has 0 aliphatic carbocycles. The van der Waals surface area contributed by atoms with Crippen LogP contribution in [0.1, 0.15) is 6.92 Å². The highest BCUT2D eigenvalue weighted by atomic mass is 127. The first-order valence-corrected chi connectivity index (χ1v) is 8.19. The highest BCUT2D eigenvalue weighted by Gasteiger charge is 2.18. The van der Waals surface area contributed by atoms with E-state index in [9.17, 15) is 0 Å². The van der Waals surface area contributed by atoms with E-state index in [2.05, 4.69) is 57.5 Å². The zero-order valence-electron chi connectivity index (χ0n) is 10.4.